The molecule has 11 amide bonds. The first kappa shape index (κ1) is 119. The molecule has 5 aliphatic heterocycles. The van der Waals surface area contributed by atoms with E-state index >= 15 is 0 Å². The number of carbonyl (C=O) groups is 15. The van der Waals surface area contributed by atoms with Gasteiger partial charge in [0.25, 0.3) is 35.4 Å². The first-order chi connectivity index (χ1) is 64.1. The molecule has 0 aromatic heterocycles. The van der Waals surface area contributed by atoms with Gasteiger partial charge < -0.3 is 134 Å². The van der Waals surface area contributed by atoms with Crippen molar-refractivity contribution in [3.8, 4) is 17.2 Å². The van der Waals surface area contributed by atoms with Gasteiger partial charge in [-0.15, -0.1) is 0 Å². The average molecular weight is 2000 g/mol. The fourth-order valence-electron chi connectivity index (χ4n) is 12.8. The zero-order chi connectivity index (χ0) is 104. The summed E-state index contributed by atoms with van der Waals surface area (Å²) in [6, 6.07) is 20.1. The highest BCUT2D eigenvalue weighted by atomic mass is 79.9. The lowest BCUT2D eigenvalue weighted by Gasteiger charge is -2.30. The molecule has 0 spiro atoms. The second-order valence-corrected chi connectivity index (χ2v) is 35.8. The standard InChI is InChI=1S/C20H26N2O6.C19H25N3O6.C16H22BrNO4.C14H18N2O4.C10H20N2O4.C8H15NO5.C5H12N2O2/c1-21(2)19(24)17-12-22(18(23)13-6-8-27-9-7-13)11-15-5-4-14(20(25)26-3)10-16(15)28-17;1-21(2)19(25)16-11-22(18(24)12-5-7-27-8-6-12)10-14-4-3-13(17(23)20-26)9-15(14)28-16;1-18(2)15(20)10-13(19)6-4-5-11-7-8-12(9-14(11)17)16(21)22-3;1-16(2)13(17)12-8-15-7-10-5-4-9(14(18)19-3)6-11(10)20-12;1-10(2,3)16-9(15)11-6-7(13)8(14)12(4)5;1-8(2,3)14-7(13)9-4-5(10)6(11)12;1-7(2)5(9)4(8)3-6/h4-5,10,13,17H,6-9,11-12H2,1-3H3;3-4,9,12,16,26H,5-8,10-11H2,1-2H3,(H,20,23);7-9,13,19H,4-6,10H2,1-3H3;4-6,12,15H,7-8H2,1-3H3;7,13H,6H2,1-5H3,(H,11,15);5,10H,4H2,1-3H3,(H,9,13)(H,11,12);4,8H,3,6H2,1-2H3. The molecule has 7 atom stereocenters. The monoisotopic (exact) mass is 2000 g/mol. The van der Waals surface area contributed by atoms with Crippen LogP contribution in [0.25, 0.3) is 0 Å². The number of halogens is 1. The molecule has 7 unspecified atom stereocenters. The van der Waals surface area contributed by atoms with Gasteiger partial charge in [0.15, 0.2) is 24.4 Å². The van der Waals surface area contributed by atoms with Gasteiger partial charge >= 0.3 is 36.1 Å². The van der Waals surface area contributed by atoms with Crippen molar-refractivity contribution in [3.63, 3.8) is 0 Å². The van der Waals surface area contributed by atoms with Crippen LogP contribution in [0.4, 0.5) is 9.59 Å². The van der Waals surface area contributed by atoms with E-state index in [1.807, 2.05) is 6.07 Å². The third-order valence-corrected chi connectivity index (χ3v) is 21.0. The fraction of sp³-hybridized carbons (Fsp3) is 0.576. The van der Waals surface area contributed by atoms with Crippen molar-refractivity contribution in [1.29, 1.82) is 0 Å². The van der Waals surface area contributed by atoms with Crippen LogP contribution in [0, 0.1) is 11.8 Å². The van der Waals surface area contributed by atoms with Crippen LogP contribution < -0.4 is 41.4 Å². The van der Waals surface area contributed by atoms with Gasteiger partial charge in [0.2, 0.25) is 17.7 Å². The Bertz CT molecular complexity index is 4560. The third-order valence-electron chi connectivity index (χ3n) is 20.3. The summed E-state index contributed by atoms with van der Waals surface area (Å²) in [7, 11) is 23.4. The zero-order valence-corrected chi connectivity index (χ0v) is 83.5. The molecule has 137 heavy (non-hydrogen) atoms. The quantitative estimate of drug-likeness (QED) is 0.0220. The van der Waals surface area contributed by atoms with Crippen LogP contribution in [0.15, 0.2) is 77.3 Å². The predicted octanol–water partition coefficient (Wildman–Crippen LogP) is 2.61. The van der Waals surface area contributed by atoms with Crippen molar-refractivity contribution in [3.05, 3.63) is 122 Å². The molecule has 4 aromatic carbocycles. The van der Waals surface area contributed by atoms with Crippen molar-refractivity contribution < 1.29 is 150 Å². The Hall–Kier alpha value is -12.0. The largest absolute Gasteiger partial charge is 0.479 e. The Morgan fingerprint density at radius 1 is 0.504 bits per heavy atom. The number of carboxylic acids is 1. The molecule has 0 radical (unpaired) electrons. The summed E-state index contributed by atoms with van der Waals surface area (Å²) >= 11 is 3.44. The number of ether oxygens (including phenoxy) is 10. The molecule has 5 heterocycles. The van der Waals surface area contributed by atoms with Gasteiger partial charge in [-0.25, -0.2) is 34.2 Å². The van der Waals surface area contributed by atoms with E-state index in [-0.39, 0.29) is 110 Å². The number of hydroxylamine groups is 1. The summed E-state index contributed by atoms with van der Waals surface area (Å²) < 4.78 is 53.0. The number of aliphatic hydroxyl groups excluding tert-OH is 4. The minimum Gasteiger partial charge on any atom is -0.479 e. The van der Waals surface area contributed by atoms with Crippen molar-refractivity contribution in [1.82, 2.24) is 60.6 Å². The molecular weight excluding hydrogens is 1860 g/mol. The predicted molar refractivity (Wildman–Crippen MR) is 499 cm³/mol. The number of hydrogen-bond donors (Lipinski definition) is 11. The number of aliphatic carboxylic acids is 1. The number of fused-ring (bicyclic) bond motifs is 3. The molecule has 12 N–H and O–H groups in total. The Labute approximate surface area is 806 Å². The lowest BCUT2D eigenvalue weighted by Crippen LogP contribution is -2.47. The maximum Gasteiger partial charge on any atom is 0.407 e. The van der Waals surface area contributed by atoms with E-state index in [0.29, 0.717) is 118 Å². The number of rotatable bonds is 23. The summed E-state index contributed by atoms with van der Waals surface area (Å²) in [5, 5.41) is 61.6. The number of esters is 3. The second kappa shape index (κ2) is 58.6. The lowest BCUT2D eigenvalue weighted by atomic mass is 9.98. The van der Waals surface area contributed by atoms with Crippen LogP contribution in [0.1, 0.15) is 150 Å². The number of carbonyl (C=O) groups excluding carboxylic acids is 14. The second-order valence-electron chi connectivity index (χ2n) is 34.9. The molecule has 0 bridgehead atoms. The first-order valence-electron chi connectivity index (χ1n) is 43.8. The van der Waals surface area contributed by atoms with E-state index in [2.05, 4.69) is 41.4 Å². The van der Waals surface area contributed by atoms with Crippen LogP contribution in [-0.4, -0.2) is 385 Å². The molecule has 764 valence electrons. The van der Waals surface area contributed by atoms with E-state index < -0.39 is 95.8 Å². The summed E-state index contributed by atoms with van der Waals surface area (Å²) in [5.74, 6) is -3.80. The van der Waals surface area contributed by atoms with Gasteiger partial charge in [-0.1, -0.05) is 40.2 Å². The van der Waals surface area contributed by atoms with Crippen LogP contribution in [0.2, 0.25) is 0 Å². The molecule has 0 aliphatic carbocycles. The first-order valence-corrected chi connectivity index (χ1v) is 44.6. The number of hydrogen-bond acceptors (Lipinski definition) is 32. The Morgan fingerprint density at radius 2 is 0.876 bits per heavy atom. The van der Waals surface area contributed by atoms with Crippen LogP contribution in [-0.2, 0) is 102 Å². The molecule has 44 nitrogen and oxygen atoms in total. The summed E-state index contributed by atoms with van der Waals surface area (Å²) in [6.45, 7) is 13.8. The molecular formula is C92H138BrN13O31. The van der Waals surface area contributed by atoms with Crippen molar-refractivity contribution in [2.75, 3.05) is 172 Å². The normalized spacial score (nSPS) is 16.2. The molecule has 4 aromatic rings. The number of aliphatic hydroxyl groups is 4. The number of amides is 11. The van der Waals surface area contributed by atoms with E-state index in [1.54, 1.807) is 188 Å². The number of nitrogens with two attached hydrogens (primary N) is 1. The van der Waals surface area contributed by atoms with E-state index in [9.17, 15) is 82.1 Å². The molecule has 2 fully saturated rings. The number of aryl methyl sites for hydroxylation is 1. The summed E-state index contributed by atoms with van der Waals surface area (Å²) in [5.41, 5.74) is 10.2. The minimum atomic E-state index is -1.61. The Kier molecular flexibility index (Phi) is 51.0. The molecule has 45 heteroatoms. The highest BCUT2D eigenvalue weighted by molar-refractivity contribution is 9.10. The van der Waals surface area contributed by atoms with Gasteiger partial charge in [0.05, 0.1) is 76.7 Å². The number of benzene rings is 4. The smallest absolute Gasteiger partial charge is 0.407 e. The molecule has 9 rings (SSSR count). The maximum atomic E-state index is 13.1. The zero-order valence-electron chi connectivity index (χ0n) is 81.9. The van der Waals surface area contributed by atoms with Crippen LogP contribution in [0.5, 0.6) is 17.2 Å². The van der Waals surface area contributed by atoms with Crippen molar-refractivity contribution >= 4 is 105 Å². The number of nitrogens with one attached hydrogen (secondary N) is 4. The van der Waals surface area contributed by atoms with Crippen molar-refractivity contribution in [2.45, 2.75) is 166 Å². The number of likely N-dealkylation sites (N-methyl/N-ethyl adjacent to an activating group) is 5. The van der Waals surface area contributed by atoms with E-state index in [4.69, 9.17) is 64.2 Å². The highest BCUT2D eigenvalue weighted by Gasteiger charge is 2.39. The van der Waals surface area contributed by atoms with Gasteiger partial charge in [-0.2, -0.15) is 0 Å². The third kappa shape index (κ3) is 41.9. The van der Waals surface area contributed by atoms with Crippen molar-refractivity contribution in [2.24, 2.45) is 17.6 Å². The number of methoxy groups -OCH3 is 3. The van der Waals surface area contributed by atoms with Gasteiger partial charge in [0.1, 0.15) is 40.7 Å². The highest BCUT2D eigenvalue weighted by Crippen LogP contribution is 2.33. The number of alkyl carbamates (subject to hydrolysis) is 2. The SMILES string of the molecule is CC(C)(C)OC(=O)NCC(O)C(=O)O.CN(C)C(=O)C(O)CN.CN(C)C(=O)C(O)CNC(=O)OC(C)(C)C.CN(C)C(=O)C1CN(C(=O)C2CCOCC2)Cc2ccc(C(=O)NO)cc2O1.COC(=O)c1ccc(CCCC(O)CC(=O)N(C)C)c(Br)c1.COC(=O)c1ccc2c(c1)OC(C(=O)N(C)C)CN(C(=O)C1CCOCC1)C2.COC(=O)c1ccc2c(c1)OC(C(=O)N(C)C)CNC2. The van der Waals surface area contributed by atoms with Crippen LogP contribution in [0.3, 0.4) is 0 Å². The topological polar surface area (TPSA) is 570 Å². The van der Waals surface area contributed by atoms with Gasteiger partial charge in [-0.05, 0) is 141 Å². The van der Waals surface area contributed by atoms with E-state index in [0.717, 1.165) is 34.0 Å². The average Bonchev–Trinajstić information content (AvgIpc) is 1.66. The van der Waals surface area contributed by atoms with Gasteiger partial charge in [-0.3, -0.25) is 48.4 Å². The minimum absolute atomic E-state index is 0.00773. The maximum absolute atomic E-state index is 13.1. The van der Waals surface area contributed by atoms with Gasteiger partial charge in [0, 0.05) is 182 Å². The number of nitrogens with zero attached hydrogens (tertiary/aromatic N) is 8. The summed E-state index contributed by atoms with van der Waals surface area (Å²) in [4.78, 5) is 187. The van der Waals surface area contributed by atoms with E-state index in [1.165, 1.54) is 70.9 Å². The Morgan fingerprint density at radius 3 is 1.25 bits per heavy atom. The molecule has 2 saturated heterocycles. The molecule has 0 saturated carbocycles. The Balaban J connectivity index is 0.000000422. The number of carboxylic acid groups (broad SMARTS) is 1. The lowest BCUT2D eigenvalue weighted by molar-refractivity contribution is -0.146. The summed E-state index contributed by atoms with van der Waals surface area (Å²) in [6.07, 6.45) is -3.35. The van der Waals surface area contributed by atoms with Crippen LogP contribution >= 0.6 is 15.9 Å². The molecule has 5 aliphatic rings. The fourth-order valence-corrected chi connectivity index (χ4v) is 13.4.